The van der Waals surface area contributed by atoms with Gasteiger partial charge in [0.2, 0.25) is 0 Å². The number of rotatable bonds is 3. The van der Waals surface area contributed by atoms with Gasteiger partial charge >= 0.3 is 0 Å². The fourth-order valence-electron chi connectivity index (χ4n) is 2.85. The summed E-state index contributed by atoms with van der Waals surface area (Å²) in [7, 11) is 0. The molecule has 1 aromatic rings. The van der Waals surface area contributed by atoms with Crippen LogP contribution in [-0.4, -0.2) is 60.1 Å². The second-order valence-electron chi connectivity index (χ2n) is 4.94. The van der Waals surface area contributed by atoms with E-state index in [9.17, 15) is 0 Å². The molecular weight excluding hydrogens is 268 g/mol. The third-order valence-electron chi connectivity index (χ3n) is 3.78. The van der Waals surface area contributed by atoms with Crippen molar-refractivity contribution in [2.45, 2.75) is 19.0 Å². The van der Waals surface area contributed by atoms with Gasteiger partial charge in [0.25, 0.3) is 0 Å². The molecule has 102 valence electrons. The first-order chi connectivity index (χ1) is 8.42. The molecule has 1 aromatic heterocycles. The molecule has 0 amide bonds. The molecule has 0 radical (unpaired) electrons. The molecule has 4 nitrogen and oxygen atoms in total. The van der Waals surface area contributed by atoms with Crippen molar-refractivity contribution in [1.29, 1.82) is 0 Å². The van der Waals surface area contributed by atoms with E-state index in [-0.39, 0.29) is 12.4 Å². The zero-order valence-electron chi connectivity index (χ0n) is 10.5. The Balaban J connectivity index is 0.00000120. The van der Waals surface area contributed by atoms with Crippen LogP contribution in [0.3, 0.4) is 0 Å². The van der Waals surface area contributed by atoms with E-state index in [1.54, 1.807) is 11.3 Å². The number of nitrogens with zero attached hydrogens (tertiary/aromatic N) is 3. The molecule has 0 aliphatic carbocycles. The Morgan fingerprint density at radius 1 is 1.33 bits per heavy atom. The molecule has 1 N–H and O–H groups in total. The topological polar surface area (TPSA) is 31.4 Å². The van der Waals surface area contributed by atoms with Crippen LogP contribution >= 0.6 is 23.7 Å². The number of hydrogen-bond donors (Lipinski definition) is 1. The third-order valence-corrected chi connectivity index (χ3v) is 4.42. The van der Waals surface area contributed by atoms with Gasteiger partial charge in [-0.1, -0.05) is 0 Å². The predicted molar refractivity (Wildman–Crippen MR) is 77.5 cm³/mol. The number of aromatic nitrogens is 1. The molecule has 3 heterocycles. The van der Waals surface area contributed by atoms with Crippen LogP contribution in [0.5, 0.6) is 0 Å². The van der Waals surface area contributed by atoms with Gasteiger partial charge in [0, 0.05) is 57.2 Å². The summed E-state index contributed by atoms with van der Waals surface area (Å²) in [6.45, 7) is 8.23. The summed E-state index contributed by atoms with van der Waals surface area (Å²) >= 11 is 1.70. The second kappa shape index (κ2) is 6.82. The van der Waals surface area contributed by atoms with E-state index in [0.29, 0.717) is 0 Å². The van der Waals surface area contributed by atoms with E-state index in [2.05, 4.69) is 25.5 Å². The molecule has 0 spiro atoms. The summed E-state index contributed by atoms with van der Waals surface area (Å²) in [5.74, 6) is 0. The molecule has 18 heavy (non-hydrogen) atoms. The summed E-state index contributed by atoms with van der Waals surface area (Å²) in [5.41, 5.74) is 3.16. The molecule has 0 aromatic carbocycles. The van der Waals surface area contributed by atoms with Crippen LogP contribution in [-0.2, 0) is 6.54 Å². The maximum Gasteiger partial charge on any atom is 0.0795 e. The number of likely N-dealkylation sites (tertiary alicyclic amines) is 1. The van der Waals surface area contributed by atoms with Gasteiger partial charge in [0.05, 0.1) is 11.2 Å². The first-order valence-electron chi connectivity index (χ1n) is 6.46. The monoisotopic (exact) mass is 288 g/mol. The van der Waals surface area contributed by atoms with Gasteiger partial charge in [-0.2, -0.15) is 0 Å². The van der Waals surface area contributed by atoms with Gasteiger partial charge in [0.15, 0.2) is 0 Å². The van der Waals surface area contributed by atoms with Crippen LogP contribution in [0, 0.1) is 0 Å². The zero-order valence-corrected chi connectivity index (χ0v) is 12.2. The van der Waals surface area contributed by atoms with E-state index in [1.165, 1.54) is 38.3 Å². The van der Waals surface area contributed by atoms with Crippen molar-refractivity contribution in [1.82, 2.24) is 20.1 Å². The molecular formula is C12H21ClN4S. The SMILES string of the molecule is Cl.c1nc(CN2CCC(N3CCNCC3)C2)cs1. The van der Waals surface area contributed by atoms with Gasteiger partial charge in [-0.15, -0.1) is 23.7 Å². The zero-order chi connectivity index (χ0) is 11.5. The molecule has 0 saturated carbocycles. The summed E-state index contributed by atoms with van der Waals surface area (Å²) in [6.07, 6.45) is 1.32. The molecule has 3 rings (SSSR count). The summed E-state index contributed by atoms with van der Waals surface area (Å²) in [4.78, 5) is 9.56. The first-order valence-corrected chi connectivity index (χ1v) is 7.40. The van der Waals surface area contributed by atoms with Crippen molar-refractivity contribution in [3.63, 3.8) is 0 Å². The van der Waals surface area contributed by atoms with Crippen LogP contribution in [0.4, 0.5) is 0 Å². The summed E-state index contributed by atoms with van der Waals surface area (Å²) in [6, 6.07) is 0.774. The Hall–Kier alpha value is -0.200. The van der Waals surface area contributed by atoms with Crippen LogP contribution in [0.2, 0.25) is 0 Å². The summed E-state index contributed by atoms with van der Waals surface area (Å²) in [5, 5.41) is 5.59. The van der Waals surface area contributed by atoms with Crippen molar-refractivity contribution in [3.05, 3.63) is 16.6 Å². The number of piperazine rings is 1. The lowest BCUT2D eigenvalue weighted by Crippen LogP contribution is -2.49. The van der Waals surface area contributed by atoms with Crippen LogP contribution < -0.4 is 5.32 Å². The lowest BCUT2D eigenvalue weighted by atomic mass is 10.2. The largest absolute Gasteiger partial charge is 0.314 e. The minimum Gasteiger partial charge on any atom is -0.314 e. The smallest absolute Gasteiger partial charge is 0.0795 e. The number of halogens is 1. The lowest BCUT2D eigenvalue weighted by molar-refractivity contribution is 0.170. The van der Waals surface area contributed by atoms with Gasteiger partial charge < -0.3 is 5.32 Å². The fourth-order valence-corrected chi connectivity index (χ4v) is 3.40. The molecule has 2 aliphatic rings. The van der Waals surface area contributed by atoms with Crippen molar-refractivity contribution >= 4 is 23.7 Å². The summed E-state index contributed by atoms with van der Waals surface area (Å²) < 4.78 is 0. The number of nitrogens with one attached hydrogen (secondary N) is 1. The van der Waals surface area contributed by atoms with Gasteiger partial charge in [-0.05, 0) is 6.42 Å². The quantitative estimate of drug-likeness (QED) is 0.901. The van der Waals surface area contributed by atoms with Crippen LogP contribution in [0.15, 0.2) is 10.9 Å². The van der Waals surface area contributed by atoms with Crippen molar-refractivity contribution in [2.75, 3.05) is 39.3 Å². The Morgan fingerprint density at radius 3 is 2.89 bits per heavy atom. The normalized spacial score (nSPS) is 26.1. The van der Waals surface area contributed by atoms with Gasteiger partial charge in [-0.3, -0.25) is 9.80 Å². The van der Waals surface area contributed by atoms with E-state index in [0.717, 1.165) is 25.7 Å². The maximum absolute atomic E-state index is 4.37. The third kappa shape index (κ3) is 3.42. The van der Waals surface area contributed by atoms with E-state index in [1.807, 2.05) is 5.51 Å². The van der Waals surface area contributed by atoms with Gasteiger partial charge in [-0.25, -0.2) is 4.98 Å². The lowest BCUT2D eigenvalue weighted by Gasteiger charge is -2.32. The van der Waals surface area contributed by atoms with Crippen molar-refractivity contribution in [2.24, 2.45) is 0 Å². The number of thiazole rings is 1. The molecule has 2 fully saturated rings. The standard InChI is InChI=1S/C12H20N4S.ClH/c1-4-15(7-11-9-17-10-14-11)8-12(1)16-5-2-13-3-6-16;/h9-10,12-13H,1-8H2;1H. The fraction of sp³-hybridized carbons (Fsp3) is 0.750. The second-order valence-corrected chi connectivity index (χ2v) is 5.66. The van der Waals surface area contributed by atoms with Crippen LogP contribution in [0.1, 0.15) is 12.1 Å². The van der Waals surface area contributed by atoms with E-state index >= 15 is 0 Å². The first kappa shape index (κ1) is 14.2. The highest BCUT2D eigenvalue weighted by molar-refractivity contribution is 7.07. The molecule has 1 atom stereocenters. The van der Waals surface area contributed by atoms with E-state index in [4.69, 9.17) is 0 Å². The molecule has 2 saturated heterocycles. The van der Waals surface area contributed by atoms with Crippen molar-refractivity contribution in [3.8, 4) is 0 Å². The highest BCUT2D eigenvalue weighted by Gasteiger charge is 2.28. The highest BCUT2D eigenvalue weighted by Crippen LogP contribution is 2.18. The van der Waals surface area contributed by atoms with Crippen LogP contribution in [0.25, 0.3) is 0 Å². The Bertz CT molecular complexity index is 340. The Labute approximate surface area is 119 Å². The molecule has 0 bridgehead atoms. The Kier molecular flexibility index (Phi) is 5.38. The predicted octanol–water partition coefficient (Wildman–Crippen LogP) is 1.04. The van der Waals surface area contributed by atoms with Gasteiger partial charge in [0.1, 0.15) is 0 Å². The average Bonchev–Trinajstić information content (AvgIpc) is 3.02. The van der Waals surface area contributed by atoms with Crippen molar-refractivity contribution < 1.29 is 0 Å². The Morgan fingerprint density at radius 2 is 2.17 bits per heavy atom. The highest BCUT2D eigenvalue weighted by atomic mass is 35.5. The minimum absolute atomic E-state index is 0. The maximum atomic E-state index is 4.37. The molecule has 2 aliphatic heterocycles. The minimum atomic E-state index is 0. The average molecular weight is 289 g/mol. The molecule has 6 heteroatoms. The molecule has 1 unspecified atom stereocenters. The number of hydrogen-bond acceptors (Lipinski definition) is 5. The van der Waals surface area contributed by atoms with E-state index < -0.39 is 0 Å².